The number of likely N-dealkylation sites (tertiary alicyclic amines) is 1. The molecule has 0 aromatic heterocycles. The zero-order valence-corrected chi connectivity index (χ0v) is 19.7. The van der Waals surface area contributed by atoms with Gasteiger partial charge in [-0.25, -0.2) is 4.39 Å². The number of benzene rings is 3. The van der Waals surface area contributed by atoms with Gasteiger partial charge in [0.25, 0.3) is 0 Å². The van der Waals surface area contributed by atoms with Crippen LogP contribution in [0.1, 0.15) is 24.0 Å². The van der Waals surface area contributed by atoms with Gasteiger partial charge in [0.1, 0.15) is 12.4 Å². The van der Waals surface area contributed by atoms with E-state index in [2.05, 4.69) is 40.1 Å². The first-order valence-electron chi connectivity index (χ1n) is 11.5. The van der Waals surface area contributed by atoms with Gasteiger partial charge < -0.3 is 14.4 Å². The Labute approximate surface area is 199 Å². The fourth-order valence-corrected chi connectivity index (χ4v) is 5.40. The van der Waals surface area contributed by atoms with Crippen LogP contribution in [0.15, 0.2) is 70.5 Å². The van der Waals surface area contributed by atoms with Crippen molar-refractivity contribution in [2.45, 2.75) is 35.7 Å². The molecule has 2 aliphatic heterocycles. The topological polar surface area (TPSA) is 24.9 Å². The summed E-state index contributed by atoms with van der Waals surface area (Å²) in [4.78, 5) is 7.01. The minimum absolute atomic E-state index is 0.206. The summed E-state index contributed by atoms with van der Waals surface area (Å²) >= 11 is 1.66. The SMILES string of the molecule is COc1cc(N2Cc3ccc(Sc4ccc(F)cc4)cc3C2)ccc1OCCN1CCCC1. The molecule has 1 saturated heterocycles. The zero-order valence-electron chi connectivity index (χ0n) is 18.9. The lowest BCUT2D eigenvalue weighted by Gasteiger charge is -2.20. The van der Waals surface area contributed by atoms with Gasteiger partial charge in [0.05, 0.1) is 7.11 Å². The monoisotopic (exact) mass is 464 g/mol. The van der Waals surface area contributed by atoms with E-state index in [1.165, 1.54) is 54.1 Å². The molecule has 0 amide bonds. The van der Waals surface area contributed by atoms with Crippen LogP contribution in [0.4, 0.5) is 10.1 Å². The predicted molar refractivity (Wildman–Crippen MR) is 131 cm³/mol. The summed E-state index contributed by atoms with van der Waals surface area (Å²) in [5.41, 5.74) is 3.79. The van der Waals surface area contributed by atoms with Crippen LogP contribution >= 0.6 is 11.8 Å². The van der Waals surface area contributed by atoms with Crippen molar-refractivity contribution in [3.8, 4) is 11.5 Å². The van der Waals surface area contributed by atoms with Gasteiger partial charge in [0.2, 0.25) is 0 Å². The number of hydrogen-bond acceptors (Lipinski definition) is 5. The predicted octanol–water partition coefficient (Wildman–Crippen LogP) is 5.98. The number of hydrogen-bond donors (Lipinski definition) is 0. The molecule has 0 spiro atoms. The van der Waals surface area contributed by atoms with Crippen molar-refractivity contribution in [1.82, 2.24) is 4.90 Å². The zero-order chi connectivity index (χ0) is 22.6. The molecule has 0 saturated carbocycles. The third kappa shape index (κ3) is 5.28. The van der Waals surface area contributed by atoms with Crippen LogP contribution in [-0.4, -0.2) is 38.3 Å². The molecule has 6 heteroatoms. The molecule has 172 valence electrons. The van der Waals surface area contributed by atoms with Crippen LogP contribution in [0.25, 0.3) is 0 Å². The second-order valence-electron chi connectivity index (χ2n) is 8.57. The molecule has 4 nitrogen and oxygen atoms in total. The molecule has 33 heavy (non-hydrogen) atoms. The summed E-state index contributed by atoms with van der Waals surface area (Å²) in [6.45, 7) is 5.72. The second kappa shape index (κ2) is 10.1. The number of ether oxygens (including phenoxy) is 2. The highest BCUT2D eigenvalue weighted by Gasteiger charge is 2.21. The maximum atomic E-state index is 13.2. The van der Waals surface area contributed by atoms with Crippen LogP contribution in [0, 0.1) is 5.82 Å². The first-order chi connectivity index (χ1) is 16.2. The third-order valence-corrected chi connectivity index (χ3v) is 7.32. The molecule has 3 aromatic rings. The summed E-state index contributed by atoms with van der Waals surface area (Å²) in [5, 5.41) is 0. The number of methoxy groups -OCH3 is 1. The summed E-state index contributed by atoms with van der Waals surface area (Å²) < 4.78 is 24.9. The molecule has 0 N–H and O–H groups in total. The molecule has 0 atom stereocenters. The average molecular weight is 465 g/mol. The Kier molecular flexibility index (Phi) is 6.74. The highest BCUT2D eigenvalue weighted by atomic mass is 32.2. The van der Waals surface area contributed by atoms with E-state index in [1.807, 2.05) is 18.2 Å². The molecular formula is C27H29FN2O2S. The van der Waals surface area contributed by atoms with Crippen molar-refractivity contribution in [2.75, 3.05) is 38.3 Å². The Morgan fingerprint density at radius 2 is 1.61 bits per heavy atom. The molecule has 2 heterocycles. The lowest BCUT2D eigenvalue weighted by atomic mass is 10.1. The second-order valence-corrected chi connectivity index (χ2v) is 9.72. The number of nitrogens with zero attached hydrogens (tertiary/aromatic N) is 2. The maximum absolute atomic E-state index is 13.2. The number of anilines is 1. The van der Waals surface area contributed by atoms with Gasteiger partial charge in [0.15, 0.2) is 11.5 Å². The molecule has 3 aromatic carbocycles. The van der Waals surface area contributed by atoms with Crippen molar-refractivity contribution in [1.29, 1.82) is 0 Å². The number of rotatable bonds is 8. The van der Waals surface area contributed by atoms with E-state index in [0.717, 1.165) is 41.7 Å². The van der Waals surface area contributed by atoms with Gasteiger partial charge >= 0.3 is 0 Å². The number of fused-ring (bicyclic) bond motifs is 1. The smallest absolute Gasteiger partial charge is 0.162 e. The highest BCUT2D eigenvalue weighted by molar-refractivity contribution is 7.99. The van der Waals surface area contributed by atoms with Gasteiger partial charge in [-0.15, -0.1) is 0 Å². The molecule has 0 bridgehead atoms. The largest absolute Gasteiger partial charge is 0.493 e. The van der Waals surface area contributed by atoms with Crippen LogP contribution < -0.4 is 14.4 Å². The van der Waals surface area contributed by atoms with Crippen molar-refractivity contribution >= 4 is 17.4 Å². The molecule has 1 fully saturated rings. The van der Waals surface area contributed by atoms with E-state index < -0.39 is 0 Å². The van der Waals surface area contributed by atoms with Gasteiger partial charge in [0, 0.05) is 41.2 Å². The first kappa shape index (κ1) is 22.1. The Hall–Kier alpha value is -2.70. The van der Waals surface area contributed by atoms with E-state index in [1.54, 1.807) is 18.9 Å². The average Bonchev–Trinajstić information content (AvgIpc) is 3.50. The summed E-state index contributed by atoms with van der Waals surface area (Å²) in [7, 11) is 1.70. The molecule has 5 rings (SSSR count). The van der Waals surface area contributed by atoms with E-state index >= 15 is 0 Å². The number of halogens is 1. The van der Waals surface area contributed by atoms with Crippen molar-refractivity contribution < 1.29 is 13.9 Å². The van der Waals surface area contributed by atoms with Gasteiger partial charge in [-0.2, -0.15) is 0 Å². The van der Waals surface area contributed by atoms with E-state index in [4.69, 9.17) is 9.47 Å². The lowest BCUT2D eigenvalue weighted by Crippen LogP contribution is -2.25. The van der Waals surface area contributed by atoms with E-state index in [-0.39, 0.29) is 5.82 Å². The van der Waals surface area contributed by atoms with Gasteiger partial charge in [-0.3, -0.25) is 4.90 Å². The fourth-order valence-electron chi connectivity index (χ4n) is 4.52. The normalized spacial score (nSPS) is 15.6. The Morgan fingerprint density at radius 3 is 2.39 bits per heavy atom. The Morgan fingerprint density at radius 1 is 0.848 bits per heavy atom. The van der Waals surface area contributed by atoms with Crippen LogP contribution in [0.5, 0.6) is 11.5 Å². The third-order valence-electron chi connectivity index (χ3n) is 6.33. The molecule has 2 aliphatic rings. The highest BCUT2D eigenvalue weighted by Crippen LogP contribution is 2.37. The van der Waals surface area contributed by atoms with Crippen LogP contribution in [-0.2, 0) is 13.1 Å². The summed E-state index contributed by atoms with van der Waals surface area (Å²) in [5.74, 6) is 1.37. The first-order valence-corrected chi connectivity index (χ1v) is 12.3. The van der Waals surface area contributed by atoms with E-state index in [9.17, 15) is 4.39 Å². The minimum atomic E-state index is -0.206. The fraction of sp³-hybridized carbons (Fsp3) is 0.333. The van der Waals surface area contributed by atoms with Crippen LogP contribution in [0.2, 0.25) is 0 Å². The summed E-state index contributed by atoms with van der Waals surface area (Å²) in [6.07, 6.45) is 2.59. The molecule has 0 aliphatic carbocycles. The molecular weight excluding hydrogens is 435 g/mol. The Bertz CT molecular complexity index is 1100. The standard InChI is InChI=1S/C27H29FN2O2S/c1-31-27-17-23(7-11-26(27)32-15-14-29-12-2-3-13-29)30-18-20-4-8-25(16-21(20)19-30)33-24-9-5-22(28)6-10-24/h4-11,16-17H,2-3,12-15,18-19H2,1H3. The lowest BCUT2D eigenvalue weighted by molar-refractivity contribution is 0.230. The van der Waals surface area contributed by atoms with Gasteiger partial charge in [-0.05, 0) is 85.6 Å². The quantitative estimate of drug-likeness (QED) is 0.408. The molecule has 0 unspecified atom stereocenters. The van der Waals surface area contributed by atoms with Crippen molar-refractivity contribution in [3.05, 3.63) is 77.6 Å². The maximum Gasteiger partial charge on any atom is 0.162 e. The Balaban J connectivity index is 1.23. The van der Waals surface area contributed by atoms with Crippen molar-refractivity contribution in [3.63, 3.8) is 0 Å². The van der Waals surface area contributed by atoms with Gasteiger partial charge in [-0.1, -0.05) is 17.8 Å². The van der Waals surface area contributed by atoms with Crippen molar-refractivity contribution in [2.24, 2.45) is 0 Å². The summed E-state index contributed by atoms with van der Waals surface area (Å²) in [6, 6.07) is 19.5. The van der Waals surface area contributed by atoms with Crippen LogP contribution in [0.3, 0.4) is 0 Å². The van der Waals surface area contributed by atoms with E-state index in [0.29, 0.717) is 6.61 Å². The minimum Gasteiger partial charge on any atom is -0.493 e. The molecule has 0 radical (unpaired) electrons.